The number of hydrogen-bond acceptors (Lipinski definition) is 4. The number of thiocarbonyl (C=S) groups is 1. The standard InChI is InChI=1S/C21H24N2O3S/c1-3-5-15-26-18-10-6-16(7-11-18)20(24)23-21(27)22-17-8-12-19(13-9-17)25-14-4-2/h4,6-13H,2-3,5,14-15H2,1H3,(H2,22,23,24,27). The van der Waals surface area contributed by atoms with Crippen molar-refractivity contribution in [3.05, 3.63) is 66.7 Å². The highest BCUT2D eigenvalue weighted by molar-refractivity contribution is 7.80. The van der Waals surface area contributed by atoms with Gasteiger partial charge in [-0.3, -0.25) is 10.1 Å². The zero-order valence-corrected chi connectivity index (χ0v) is 16.2. The highest BCUT2D eigenvalue weighted by Crippen LogP contribution is 2.16. The van der Waals surface area contributed by atoms with E-state index < -0.39 is 0 Å². The highest BCUT2D eigenvalue weighted by Gasteiger charge is 2.08. The molecule has 0 aromatic heterocycles. The number of anilines is 1. The van der Waals surface area contributed by atoms with E-state index in [0.717, 1.165) is 30.0 Å². The predicted octanol–water partition coefficient (Wildman–Crippen LogP) is 4.56. The molecule has 142 valence electrons. The summed E-state index contributed by atoms with van der Waals surface area (Å²) in [6.07, 6.45) is 3.76. The van der Waals surface area contributed by atoms with Crippen molar-refractivity contribution in [2.45, 2.75) is 19.8 Å². The number of hydrogen-bond donors (Lipinski definition) is 2. The summed E-state index contributed by atoms with van der Waals surface area (Å²) in [6.45, 7) is 6.84. The van der Waals surface area contributed by atoms with E-state index >= 15 is 0 Å². The monoisotopic (exact) mass is 384 g/mol. The maximum Gasteiger partial charge on any atom is 0.257 e. The molecule has 0 heterocycles. The van der Waals surface area contributed by atoms with Gasteiger partial charge in [-0.25, -0.2) is 0 Å². The fraction of sp³-hybridized carbons (Fsp3) is 0.238. The quantitative estimate of drug-likeness (QED) is 0.377. The Morgan fingerprint density at radius 1 is 1.07 bits per heavy atom. The van der Waals surface area contributed by atoms with Crippen LogP contribution in [0.1, 0.15) is 30.1 Å². The lowest BCUT2D eigenvalue weighted by Crippen LogP contribution is -2.34. The second-order valence-electron chi connectivity index (χ2n) is 5.76. The molecular weight excluding hydrogens is 360 g/mol. The lowest BCUT2D eigenvalue weighted by atomic mass is 10.2. The van der Waals surface area contributed by atoms with Gasteiger partial charge < -0.3 is 14.8 Å². The molecule has 2 rings (SSSR count). The topological polar surface area (TPSA) is 59.6 Å². The Kier molecular flexibility index (Phi) is 8.32. The third-order valence-electron chi connectivity index (χ3n) is 3.59. The molecule has 2 N–H and O–H groups in total. The number of carbonyl (C=O) groups excluding carboxylic acids is 1. The molecule has 0 aliphatic rings. The molecule has 0 spiro atoms. The molecule has 2 aromatic rings. The fourth-order valence-electron chi connectivity index (χ4n) is 2.16. The summed E-state index contributed by atoms with van der Waals surface area (Å²) < 4.78 is 11.0. The first-order chi connectivity index (χ1) is 13.1. The van der Waals surface area contributed by atoms with E-state index in [1.54, 1.807) is 30.3 Å². The van der Waals surface area contributed by atoms with Gasteiger partial charge in [0.1, 0.15) is 18.1 Å². The van der Waals surface area contributed by atoms with E-state index in [2.05, 4.69) is 24.1 Å². The zero-order valence-electron chi connectivity index (χ0n) is 15.4. The van der Waals surface area contributed by atoms with E-state index in [9.17, 15) is 4.79 Å². The van der Waals surface area contributed by atoms with Gasteiger partial charge in [-0.05, 0) is 67.2 Å². The van der Waals surface area contributed by atoms with Crippen LogP contribution in [0.15, 0.2) is 61.2 Å². The Morgan fingerprint density at radius 3 is 2.33 bits per heavy atom. The van der Waals surface area contributed by atoms with E-state index in [1.165, 1.54) is 0 Å². The van der Waals surface area contributed by atoms with Crippen LogP contribution < -0.4 is 20.1 Å². The third kappa shape index (κ3) is 7.11. The predicted molar refractivity (Wildman–Crippen MR) is 113 cm³/mol. The van der Waals surface area contributed by atoms with Crippen LogP contribution in [0.25, 0.3) is 0 Å². The van der Waals surface area contributed by atoms with Crippen molar-refractivity contribution in [3.63, 3.8) is 0 Å². The van der Waals surface area contributed by atoms with Gasteiger partial charge in [0.15, 0.2) is 5.11 Å². The summed E-state index contributed by atoms with van der Waals surface area (Å²) >= 11 is 5.20. The second-order valence-corrected chi connectivity index (χ2v) is 6.17. The average molecular weight is 385 g/mol. The number of amides is 1. The smallest absolute Gasteiger partial charge is 0.257 e. The van der Waals surface area contributed by atoms with E-state index in [1.807, 2.05) is 24.3 Å². The SMILES string of the molecule is C=CCOc1ccc(NC(=S)NC(=O)c2ccc(OCCCC)cc2)cc1. The van der Waals surface area contributed by atoms with Crippen molar-refractivity contribution >= 4 is 28.9 Å². The number of carbonyl (C=O) groups is 1. The molecule has 1 amide bonds. The van der Waals surface area contributed by atoms with Gasteiger partial charge >= 0.3 is 0 Å². The number of benzene rings is 2. The van der Waals surface area contributed by atoms with Crippen LogP contribution in [0.2, 0.25) is 0 Å². The molecule has 0 bridgehead atoms. The van der Waals surface area contributed by atoms with Crippen LogP contribution in [0.3, 0.4) is 0 Å². The van der Waals surface area contributed by atoms with Gasteiger partial charge in [-0.15, -0.1) is 0 Å². The van der Waals surface area contributed by atoms with Gasteiger partial charge in [0.2, 0.25) is 0 Å². The molecular formula is C21H24N2O3S. The molecule has 0 atom stereocenters. The third-order valence-corrected chi connectivity index (χ3v) is 3.79. The van der Waals surface area contributed by atoms with Crippen LogP contribution in [0.4, 0.5) is 5.69 Å². The largest absolute Gasteiger partial charge is 0.494 e. The van der Waals surface area contributed by atoms with Gasteiger partial charge in [-0.1, -0.05) is 26.0 Å². The van der Waals surface area contributed by atoms with Crippen LogP contribution in [-0.2, 0) is 0 Å². The minimum absolute atomic E-state index is 0.225. The molecule has 0 saturated heterocycles. The first-order valence-electron chi connectivity index (χ1n) is 8.81. The van der Waals surface area contributed by atoms with Gasteiger partial charge in [-0.2, -0.15) is 0 Å². The summed E-state index contributed by atoms with van der Waals surface area (Å²) in [5, 5.41) is 5.86. The number of ether oxygens (including phenoxy) is 2. The van der Waals surface area contributed by atoms with Gasteiger partial charge in [0, 0.05) is 11.3 Å². The first kappa shape index (κ1) is 20.5. The van der Waals surface area contributed by atoms with Crippen molar-refractivity contribution in [3.8, 4) is 11.5 Å². The maximum atomic E-state index is 12.3. The molecule has 2 aromatic carbocycles. The Morgan fingerprint density at radius 2 is 1.70 bits per heavy atom. The molecule has 0 radical (unpaired) electrons. The summed E-state index contributed by atoms with van der Waals surface area (Å²) in [5.74, 6) is 1.20. The lowest BCUT2D eigenvalue weighted by molar-refractivity contribution is 0.0977. The normalized spacial score (nSPS) is 9.96. The first-order valence-corrected chi connectivity index (χ1v) is 9.22. The maximum absolute atomic E-state index is 12.3. The van der Waals surface area contributed by atoms with Crippen molar-refractivity contribution < 1.29 is 14.3 Å². The molecule has 0 saturated carbocycles. The molecule has 0 fully saturated rings. The van der Waals surface area contributed by atoms with Crippen LogP contribution >= 0.6 is 12.2 Å². The molecule has 0 aliphatic heterocycles. The van der Waals surface area contributed by atoms with Crippen LogP contribution in [0, 0.1) is 0 Å². The molecule has 5 nitrogen and oxygen atoms in total. The van der Waals surface area contributed by atoms with Crippen molar-refractivity contribution in [2.24, 2.45) is 0 Å². The Labute approximate surface area is 165 Å². The summed E-state index contributed by atoms with van der Waals surface area (Å²) in [7, 11) is 0. The van der Waals surface area contributed by atoms with E-state index in [0.29, 0.717) is 18.8 Å². The van der Waals surface area contributed by atoms with Gasteiger partial charge in [0.25, 0.3) is 5.91 Å². The van der Waals surface area contributed by atoms with Crippen molar-refractivity contribution in [2.75, 3.05) is 18.5 Å². The zero-order chi connectivity index (χ0) is 19.5. The van der Waals surface area contributed by atoms with Crippen molar-refractivity contribution in [1.29, 1.82) is 0 Å². The summed E-state index contributed by atoms with van der Waals surface area (Å²) in [4.78, 5) is 12.3. The van der Waals surface area contributed by atoms with Crippen LogP contribution in [-0.4, -0.2) is 24.2 Å². The van der Waals surface area contributed by atoms with E-state index in [4.69, 9.17) is 21.7 Å². The summed E-state index contributed by atoms with van der Waals surface area (Å²) in [6, 6.07) is 14.3. The Hall–Kier alpha value is -2.86. The highest BCUT2D eigenvalue weighted by atomic mass is 32.1. The summed E-state index contributed by atoms with van der Waals surface area (Å²) in [5.41, 5.74) is 1.26. The minimum Gasteiger partial charge on any atom is -0.494 e. The fourth-order valence-corrected chi connectivity index (χ4v) is 2.37. The number of nitrogens with one attached hydrogen (secondary N) is 2. The molecule has 6 heteroatoms. The van der Waals surface area contributed by atoms with Gasteiger partial charge in [0.05, 0.1) is 6.61 Å². The number of unbranched alkanes of at least 4 members (excludes halogenated alkanes) is 1. The Bertz CT molecular complexity index is 758. The van der Waals surface area contributed by atoms with E-state index in [-0.39, 0.29) is 11.0 Å². The lowest BCUT2D eigenvalue weighted by Gasteiger charge is -2.11. The molecule has 0 aliphatic carbocycles. The molecule has 27 heavy (non-hydrogen) atoms. The number of rotatable bonds is 9. The van der Waals surface area contributed by atoms with Crippen molar-refractivity contribution in [1.82, 2.24) is 5.32 Å². The average Bonchev–Trinajstić information content (AvgIpc) is 2.68. The molecule has 0 unspecified atom stereocenters. The van der Waals surface area contributed by atoms with Crippen LogP contribution in [0.5, 0.6) is 11.5 Å². The minimum atomic E-state index is -0.279. The second kappa shape index (κ2) is 11.0. The Balaban J connectivity index is 1.84.